The summed E-state index contributed by atoms with van der Waals surface area (Å²) in [6.45, 7) is 7.79. The maximum atomic E-state index is 6.18. The smallest absolute Gasteiger partial charge is 0.151 e. The van der Waals surface area contributed by atoms with E-state index >= 15 is 0 Å². The third-order valence-electron chi connectivity index (χ3n) is 5.55. The summed E-state index contributed by atoms with van der Waals surface area (Å²) < 4.78 is 1.73. The third kappa shape index (κ3) is 4.19. The van der Waals surface area contributed by atoms with Crippen LogP contribution in [0.2, 0.25) is 0 Å². The highest BCUT2D eigenvalue weighted by Crippen LogP contribution is 2.31. The second kappa shape index (κ2) is 9.07. The molecule has 1 aliphatic carbocycles. The second-order valence-electron chi connectivity index (χ2n) is 7.59. The van der Waals surface area contributed by atoms with Crippen LogP contribution in [0.25, 0.3) is 27.9 Å². The Hall–Kier alpha value is -3.55. The van der Waals surface area contributed by atoms with Gasteiger partial charge in [0, 0.05) is 35.8 Å². The van der Waals surface area contributed by atoms with Gasteiger partial charge >= 0.3 is 0 Å². The van der Waals surface area contributed by atoms with Crippen LogP contribution < -0.4 is 11.1 Å². The molecule has 1 fully saturated rings. The Bertz CT molecular complexity index is 1150. The van der Waals surface area contributed by atoms with E-state index in [1.807, 2.05) is 13.1 Å². The van der Waals surface area contributed by atoms with Crippen molar-refractivity contribution in [3.8, 4) is 11.1 Å². The third-order valence-corrected chi connectivity index (χ3v) is 5.55. The lowest BCUT2D eigenvalue weighted by atomic mass is 10.1. The quantitative estimate of drug-likeness (QED) is 0.435. The Morgan fingerprint density at radius 3 is 2.81 bits per heavy atom. The van der Waals surface area contributed by atoms with Gasteiger partial charge in [-0.1, -0.05) is 26.3 Å². The summed E-state index contributed by atoms with van der Waals surface area (Å²) in [6, 6.07) is 0.446. The molecule has 0 aromatic carbocycles. The monoisotopic (exact) mass is 416 g/mol. The lowest BCUT2D eigenvalue weighted by Gasteiger charge is -2.17. The maximum absolute atomic E-state index is 6.18. The van der Waals surface area contributed by atoms with Crippen LogP contribution in [0.1, 0.15) is 45.2 Å². The SMILES string of the molecule is C=C/C(=C\N=CC)n1cc(-c2cnc(N)c3nc(CC)c(NC4CCCC4)nc23)cn1. The van der Waals surface area contributed by atoms with Gasteiger partial charge in [-0.3, -0.25) is 4.99 Å². The van der Waals surface area contributed by atoms with Crippen molar-refractivity contribution in [1.29, 1.82) is 0 Å². The number of fused-ring (bicyclic) bond motifs is 1. The topological polar surface area (TPSA) is 107 Å². The highest BCUT2D eigenvalue weighted by molar-refractivity contribution is 5.96. The Labute approximate surface area is 182 Å². The first-order valence-electron chi connectivity index (χ1n) is 10.7. The number of aromatic nitrogens is 5. The van der Waals surface area contributed by atoms with E-state index in [0.717, 1.165) is 53.1 Å². The zero-order chi connectivity index (χ0) is 21.8. The van der Waals surface area contributed by atoms with E-state index < -0.39 is 0 Å². The van der Waals surface area contributed by atoms with Crippen LogP contribution in [-0.2, 0) is 6.42 Å². The minimum absolute atomic E-state index is 0.379. The van der Waals surface area contributed by atoms with Crippen LogP contribution in [0, 0.1) is 0 Å². The summed E-state index contributed by atoms with van der Waals surface area (Å²) in [5.74, 6) is 1.22. The minimum atomic E-state index is 0.379. The predicted octanol–water partition coefficient (Wildman–Crippen LogP) is 4.46. The molecule has 4 rings (SSSR count). The number of allylic oxidation sites excluding steroid dienone is 2. The molecule has 1 aliphatic rings. The van der Waals surface area contributed by atoms with Crippen LogP contribution in [0.15, 0.2) is 42.4 Å². The molecule has 0 spiro atoms. The number of nitrogens with two attached hydrogens (primary N) is 1. The Kier molecular flexibility index (Phi) is 6.06. The number of aryl methyl sites for hydroxylation is 1. The molecule has 0 unspecified atom stereocenters. The van der Waals surface area contributed by atoms with E-state index in [-0.39, 0.29) is 0 Å². The van der Waals surface area contributed by atoms with Gasteiger partial charge in [0.2, 0.25) is 0 Å². The van der Waals surface area contributed by atoms with E-state index in [2.05, 4.69) is 33.9 Å². The predicted molar refractivity (Wildman–Crippen MR) is 127 cm³/mol. The molecule has 0 atom stereocenters. The van der Waals surface area contributed by atoms with Crippen molar-refractivity contribution in [3.63, 3.8) is 0 Å². The molecule has 8 nitrogen and oxygen atoms in total. The van der Waals surface area contributed by atoms with E-state index in [9.17, 15) is 0 Å². The molecule has 0 aliphatic heterocycles. The van der Waals surface area contributed by atoms with Crippen molar-refractivity contribution in [2.45, 2.75) is 52.0 Å². The average Bonchev–Trinajstić information content (AvgIpc) is 3.47. The van der Waals surface area contributed by atoms with Gasteiger partial charge in [0.1, 0.15) is 16.9 Å². The maximum Gasteiger partial charge on any atom is 0.151 e. The van der Waals surface area contributed by atoms with Gasteiger partial charge in [-0.2, -0.15) is 5.10 Å². The summed E-state index contributed by atoms with van der Waals surface area (Å²) in [7, 11) is 0. The highest BCUT2D eigenvalue weighted by Gasteiger charge is 2.20. The van der Waals surface area contributed by atoms with Crippen molar-refractivity contribution in [3.05, 3.63) is 43.1 Å². The van der Waals surface area contributed by atoms with Crippen LogP contribution in [0.4, 0.5) is 11.6 Å². The Morgan fingerprint density at radius 1 is 1.29 bits per heavy atom. The van der Waals surface area contributed by atoms with Gasteiger partial charge < -0.3 is 11.1 Å². The first-order chi connectivity index (χ1) is 15.1. The molecule has 3 heterocycles. The van der Waals surface area contributed by atoms with Crippen molar-refractivity contribution in [1.82, 2.24) is 24.7 Å². The number of pyridine rings is 1. The van der Waals surface area contributed by atoms with Crippen LogP contribution in [0.5, 0.6) is 0 Å². The number of rotatable bonds is 7. The summed E-state index contributed by atoms with van der Waals surface area (Å²) in [5, 5.41) is 8.08. The lowest BCUT2D eigenvalue weighted by Crippen LogP contribution is -2.18. The number of nitrogens with zero attached hydrogens (tertiary/aromatic N) is 6. The van der Waals surface area contributed by atoms with E-state index in [0.29, 0.717) is 17.4 Å². The fourth-order valence-electron chi connectivity index (χ4n) is 3.89. The zero-order valence-corrected chi connectivity index (χ0v) is 18.0. The van der Waals surface area contributed by atoms with Crippen molar-refractivity contribution >= 4 is 34.6 Å². The molecule has 31 heavy (non-hydrogen) atoms. The first-order valence-corrected chi connectivity index (χ1v) is 10.7. The fourth-order valence-corrected chi connectivity index (χ4v) is 3.89. The molecule has 3 N–H and O–H groups in total. The standard InChI is InChI=1S/C23H28N8/c1-4-17(12-25-6-3)31-14-15(11-27-31)18-13-26-22(24)21-20(18)30-23(19(5-2)29-21)28-16-9-7-8-10-16/h4,6,11-14,16H,1,5,7-10H2,2-3H3,(H2,24,26)(H,28,30)/b17-12+,25-6?. The summed E-state index contributed by atoms with van der Waals surface area (Å²) in [5.41, 5.74) is 10.9. The van der Waals surface area contributed by atoms with Crippen LogP contribution in [-0.4, -0.2) is 37.0 Å². The van der Waals surface area contributed by atoms with E-state index in [1.54, 1.807) is 35.6 Å². The number of hydrogen-bond donors (Lipinski definition) is 2. The average molecular weight is 417 g/mol. The van der Waals surface area contributed by atoms with Crippen molar-refractivity contribution in [2.24, 2.45) is 4.99 Å². The molecule has 160 valence electrons. The van der Waals surface area contributed by atoms with Gasteiger partial charge in [0.15, 0.2) is 5.82 Å². The molecule has 0 bridgehead atoms. The zero-order valence-electron chi connectivity index (χ0n) is 18.0. The number of aliphatic imine (C=N–C) groups is 1. The van der Waals surface area contributed by atoms with Gasteiger partial charge in [0.05, 0.1) is 23.8 Å². The Balaban J connectivity index is 1.81. The fraction of sp³-hybridized carbons (Fsp3) is 0.348. The molecule has 0 saturated heterocycles. The van der Waals surface area contributed by atoms with Crippen LogP contribution >= 0.6 is 0 Å². The minimum Gasteiger partial charge on any atom is -0.382 e. The van der Waals surface area contributed by atoms with Gasteiger partial charge in [-0.05, 0) is 32.3 Å². The number of anilines is 2. The van der Waals surface area contributed by atoms with Crippen LogP contribution in [0.3, 0.4) is 0 Å². The largest absolute Gasteiger partial charge is 0.382 e. The van der Waals surface area contributed by atoms with Gasteiger partial charge in [-0.25, -0.2) is 19.6 Å². The molecule has 3 aromatic rings. The number of hydrogen-bond acceptors (Lipinski definition) is 7. The molecule has 0 radical (unpaired) electrons. The molecule has 0 amide bonds. The summed E-state index contributed by atoms with van der Waals surface area (Å²) >= 11 is 0. The molecular formula is C23H28N8. The molecular weight excluding hydrogens is 388 g/mol. The second-order valence-corrected chi connectivity index (χ2v) is 7.59. The summed E-state index contributed by atoms with van der Waals surface area (Å²) in [6.07, 6.45) is 16.2. The van der Waals surface area contributed by atoms with E-state index in [1.165, 1.54) is 12.8 Å². The molecule has 1 saturated carbocycles. The van der Waals surface area contributed by atoms with E-state index in [4.69, 9.17) is 15.7 Å². The normalized spacial score (nSPS) is 15.2. The van der Waals surface area contributed by atoms with Gasteiger partial charge in [0.25, 0.3) is 0 Å². The highest BCUT2D eigenvalue weighted by atomic mass is 15.3. The number of nitrogens with one attached hydrogen (secondary N) is 1. The van der Waals surface area contributed by atoms with Crippen molar-refractivity contribution in [2.75, 3.05) is 11.1 Å². The molecule has 3 aromatic heterocycles. The number of nitrogen functional groups attached to an aromatic ring is 1. The lowest BCUT2D eigenvalue weighted by molar-refractivity contribution is 0.747. The Morgan fingerprint density at radius 2 is 2.10 bits per heavy atom. The summed E-state index contributed by atoms with van der Waals surface area (Å²) in [4.78, 5) is 18.4. The first kappa shape index (κ1) is 20.7. The van der Waals surface area contributed by atoms with Gasteiger partial charge in [-0.15, -0.1) is 0 Å². The van der Waals surface area contributed by atoms with Crippen molar-refractivity contribution < 1.29 is 0 Å². The molecule has 8 heteroatoms.